The van der Waals surface area contributed by atoms with Gasteiger partial charge in [-0.3, -0.25) is 9.59 Å². The van der Waals surface area contributed by atoms with Crippen LogP contribution in [0.4, 0.5) is 5.69 Å². The molecule has 0 aromatic heterocycles. The zero-order valence-corrected chi connectivity index (χ0v) is 27.1. The lowest BCUT2D eigenvalue weighted by atomic mass is 9.68. The molecule has 2 aromatic rings. The van der Waals surface area contributed by atoms with Crippen LogP contribution in [-0.4, -0.2) is 63.0 Å². The number of hydrogen-bond acceptors (Lipinski definition) is 7. The van der Waals surface area contributed by atoms with E-state index in [1.54, 1.807) is 18.2 Å². The minimum absolute atomic E-state index is 0.133. The first kappa shape index (κ1) is 30.6. The lowest BCUT2D eigenvalue weighted by Crippen LogP contribution is -2.50. The number of halogens is 1. The van der Waals surface area contributed by atoms with Gasteiger partial charge in [-0.15, -0.1) is 0 Å². The van der Waals surface area contributed by atoms with Gasteiger partial charge in [0.25, 0.3) is 5.91 Å². The third kappa shape index (κ3) is 5.85. The van der Waals surface area contributed by atoms with Gasteiger partial charge >= 0.3 is 16.2 Å². The Morgan fingerprint density at radius 2 is 2.00 bits per heavy atom. The molecule has 1 amide bonds. The van der Waals surface area contributed by atoms with Crippen molar-refractivity contribution in [2.24, 2.45) is 11.8 Å². The number of carbonyl (C=O) groups excluding carboxylic acids is 2. The van der Waals surface area contributed by atoms with Gasteiger partial charge in [0.05, 0.1) is 12.3 Å². The number of rotatable bonds is 1. The van der Waals surface area contributed by atoms with E-state index in [0.29, 0.717) is 51.3 Å². The number of hydrogen-bond donors (Lipinski definition) is 1. The van der Waals surface area contributed by atoms with E-state index in [1.165, 1.54) is 22.4 Å². The minimum Gasteiger partial charge on any atom is -0.490 e. The maximum Gasteiger partial charge on any atom is 0.304 e. The second-order valence-electron chi connectivity index (χ2n) is 13.4. The van der Waals surface area contributed by atoms with Crippen LogP contribution < -0.4 is 14.4 Å². The number of ether oxygens (including phenoxy) is 2. The summed E-state index contributed by atoms with van der Waals surface area (Å²) in [7, 11) is -4.07. The van der Waals surface area contributed by atoms with Crippen molar-refractivity contribution in [1.29, 1.82) is 0 Å². The van der Waals surface area contributed by atoms with E-state index in [4.69, 9.17) is 21.1 Å². The van der Waals surface area contributed by atoms with E-state index >= 15 is 0 Å². The van der Waals surface area contributed by atoms with Gasteiger partial charge in [0.15, 0.2) is 0 Å². The fourth-order valence-corrected chi connectivity index (χ4v) is 9.84. The molecular formula is C34H40ClN3O6S. The molecule has 7 rings (SSSR count). The summed E-state index contributed by atoms with van der Waals surface area (Å²) in [6.07, 6.45) is 10.3. The number of aryl methyl sites for hydroxylation is 1. The molecule has 5 aliphatic rings. The van der Waals surface area contributed by atoms with Gasteiger partial charge in [0, 0.05) is 54.5 Å². The van der Waals surface area contributed by atoms with Crippen LogP contribution in [0.15, 0.2) is 48.6 Å². The summed E-state index contributed by atoms with van der Waals surface area (Å²) in [4.78, 5) is 28.0. The zero-order chi connectivity index (χ0) is 31.3. The first-order valence-corrected chi connectivity index (χ1v) is 17.9. The minimum atomic E-state index is -4.07. The van der Waals surface area contributed by atoms with Gasteiger partial charge < -0.3 is 14.4 Å². The fraction of sp³-hybridized carbons (Fsp3) is 0.529. The number of esters is 1. The average molecular weight is 654 g/mol. The Kier molecular flexibility index (Phi) is 8.11. The molecule has 5 atom stereocenters. The van der Waals surface area contributed by atoms with Crippen molar-refractivity contribution in [3.63, 3.8) is 0 Å². The van der Waals surface area contributed by atoms with Crippen LogP contribution in [0, 0.1) is 11.8 Å². The number of fused-ring (bicyclic) bond motifs is 5. The molecule has 0 unspecified atom stereocenters. The molecule has 240 valence electrons. The van der Waals surface area contributed by atoms with E-state index in [9.17, 15) is 18.0 Å². The van der Waals surface area contributed by atoms with Gasteiger partial charge in [-0.05, 0) is 105 Å². The average Bonchev–Trinajstić information content (AvgIpc) is 3.40. The highest BCUT2D eigenvalue weighted by Crippen LogP contribution is 2.47. The molecule has 3 heterocycles. The first-order chi connectivity index (χ1) is 21.6. The molecule has 9 nitrogen and oxygen atoms in total. The van der Waals surface area contributed by atoms with Crippen LogP contribution in [0.3, 0.4) is 0 Å². The fourth-order valence-electron chi connectivity index (χ4n) is 8.22. The topological polar surface area (TPSA) is 105 Å². The third-order valence-corrected chi connectivity index (χ3v) is 12.3. The predicted octanol–water partition coefficient (Wildman–Crippen LogP) is 5.17. The third-order valence-electron chi connectivity index (χ3n) is 10.5. The summed E-state index contributed by atoms with van der Waals surface area (Å²) in [5.41, 5.74) is 3.24. The Balaban J connectivity index is 1.31. The van der Waals surface area contributed by atoms with E-state index < -0.39 is 16.1 Å². The van der Waals surface area contributed by atoms with E-state index in [0.717, 1.165) is 42.8 Å². The summed E-state index contributed by atoms with van der Waals surface area (Å²) in [5.74, 6) is 0.0737. The van der Waals surface area contributed by atoms with E-state index in [-0.39, 0.29) is 40.9 Å². The molecule has 11 heteroatoms. The van der Waals surface area contributed by atoms with Gasteiger partial charge in [0.1, 0.15) is 11.9 Å². The van der Waals surface area contributed by atoms with E-state index in [1.807, 2.05) is 18.2 Å². The highest BCUT2D eigenvalue weighted by atomic mass is 35.5. The van der Waals surface area contributed by atoms with Crippen LogP contribution in [0.5, 0.6) is 5.75 Å². The zero-order valence-electron chi connectivity index (χ0n) is 25.5. The molecule has 2 bridgehead atoms. The molecule has 1 spiro atoms. The monoisotopic (exact) mass is 653 g/mol. The maximum atomic E-state index is 13.5. The number of nitrogens with zero attached hydrogens (tertiary/aromatic N) is 2. The van der Waals surface area contributed by atoms with Crippen LogP contribution in [0.1, 0.15) is 73.4 Å². The van der Waals surface area contributed by atoms with Gasteiger partial charge in [0.2, 0.25) is 0 Å². The highest BCUT2D eigenvalue weighted by molar-refractivity contribution is 7.87. The predicted molar refractivity (Wildman–Crippen MR) is 172 cm³/mol. The molecule has 1 N–H and O–H groups in total. The lowest BCUT2D eigenvalue weighted by molar-refractivity contribution is -0.149. The van der Waals surface area contributed by atoms with Crippen molar-refractivity contribution >= 4 is 39.4 Å². The summed E-state index contributed by atoms with van der Waals surface area (Å²) >= 11 is 6.41. The Morgan fingerprint density at radius 3 is 2.80 bits per heavy atom. The SMILES string of the molecule is CC(=O)O[C@H]1/C=C\C[C@@H]2CCCN2S(=O)(=O)NC(=O)c2ccc3c(c2)N(C[C@@H]2CC[C@H]21)C[C@@]1(CCCc2cc(Cl)ccc21)CO3. The molecule has 0 radical (unpaired) electrons. The quantitative estimate of drug-likeness (QED) is 0.335. The van der Waals surface area contributed by atoms with Crippen LogP contribution in [0.2, 0.25) is 5.02 Å². The van der Waals surface area contributed by atoms with Gasteiger partial charge in [-0.2, -0.15) is 12.7 Å². The number of nitrogens with one attached hydrogen (secondary N) is 1. The molecule has 2 aliphatic carbocycles. The Labute approximate surface area is 270 Å². The van der Waals surface area contributed by atoms with Crippen molar-refractivity contribution in [3.05, 3.63) is 70.3 Å². The number of benzene rings is 2. The normalized spacial score (nSPS) is 31.7. The summed E-state index contributed by atoms with van der Waals surface area (Å²) in [6, 6.07) is 11.1. The largest absolute Gasteiger partial charge is 0.490 e. The standard InChI is InChI=1S/C34H40ClN3O6S/c1-22(39)44-31-8-2-6-27-7-4-16-38(27)45(41,42)36-33(40)24-10-14-32-30(18-24)37(19-25-9-12-28(25)31)20-34(21-43-32)15-3-5-23-17-26(35)11-13-29(23)34/h2,8,10-11,13-14,17-18,25,27-28,31H,3-7,9,12,15-16,19-21H2,1H3,(H,36,40)/b8-2-/t25-,27+,28+,31-,34-/m0/s1. The van der Waals surface area contributed by atoms with Crippen molar-refractivity contribution < 1.29 is 27.5 Å². The van der Waals surface area contributed by atoms with Crippen molar-refractivity contribution in [2.75, 3.05) is 31.1 Å². The second-order valence-corrected chi connectivity index (χ2v) is 15.4. The summed E-state index contributed by atoms with van der Waals surface area (Å²) in [5, 5.41) is 0.723. The number of carbonyl (C=O) groups is 2. The maximum absolute atomic E-state index is 13.5. The van der Waals surface area contributed by atoms with Crippen LogP contribution in [-0.2, 0) is 31.6 Å². The Morgan fingerprint density at radius 1 is 1.13 bits per heavy atom. The van der Waals surface area contributed by atoms with E-state index in [2.05, 4.69) is 21.8 Å². The van der Waals surface area contributed by atoms with Gasteiger partial charge in [-0.25, -0.2) is 4.72 Å². The molecule has 2 fully saturated rings. The second kappa shape index (κ2) is 11.9. The smallest absolute Gasteiger partial charge is 0.304 e. The molecular weight excluding hydrogens is 614 g/mol. The summed E-state index contributed by atoms with van der Waals surface area (Å²) in [6.45, 7) is 3.63. The first-order valence-electron chi connectivity index (χ1n) is 16.1. The number of amides is 1. The van der Waals surface area contributed by atoms with Crippen LogP contribution in [0.25, 0.3) is 0 Å². The molecule has 45 heavy (non-hydrogen) atoms. The van der Waals surface area contributed by atoms with Crippen LogP contribution >= 0.6 is 11.6 Å². The van der Waals surface area contributed by atoms with Gasteiger partial charge in [-0.1, -0.05) is 23.7 Å². The summed E-state index contributed by atoms with van der Waals surface area (Å²) < 4.78 is 43.1. The highest BCUT2D eigenvalue weighted by Gasteiger charge is 2.45. The molecule has 1 saturated heterocycles. The van der Waals surface area contributed by atoms with Crippen molar-refractivity contribution in [1.82, 2.24) is 9.03 Å². The van der Waals surface area contributed by atoms with Crippen molar-refractivity contribution in [3.8, 4) is 5.75 Å². The van der Waals surface area contributed by atoms with Crippen molar-refractivity contribution in [2.45, 2.75) is 75.9 Å². The lowest BCUT2D eigenvalue weighted by Gasteiger charge is -2.46. The molecule has 1 saturated carbocycles. The number of anilines is 1. The molecule has 2 aromatic carbocycles. The Bertz CT molecular complexity index is 1650. The Hall–Kier alpha value is -3.08. The molecule has 3 aliphatic heterocycles.